The van der Waals surface area contributed by atoms with Gasteiger partial charge in [-0.25, -0.2) is 0 Å². The Kier molecular flexibility index (Phi) is 3.43. The highest BCUT2D eigenvalue weighted by Gasteiger charge is 2.21. The molecule has 0 aliphatic rings. The highest BCUT2D eigenvalue weighted by Crippen LogP contribution is 2.17. The Morgan fingerprint density at radius 3 is 2.61 bits per heavy atom. The highest BCUT2D eigenvalue weighted by atomic mass is 16.2. The Balaban J connectivity index is 2.16. The van der Waals surface area contributed by atoms with Gasteiger partial charge in [-0.3, -0.25) is 9.48 Å². The lowest BCUT2D eigenvalue weighted by molar-refractivity contribution is -0.119. The van der Waals surface area contributed by atoms with Crippen LogP contribution >= 0.6 is 0 Å². The van der Waals surface area contributed by atoms with Gasteiger partial charge in [-0.15, -0.1) is 0 Å². The summed E-state index contributed by atoms with van der Waals surface area (Å²) >= 11 is 0. The van der Waals surface area contributed by atoms with Gasteiger partial charge in [0.25, 0.3) is 0 Å². The number of rotatable bonds is 3. The molecule has 2 rings (SSSR count). The zero-order valence-corrected chi connectivity index (χ0v) is 10.4. The Bertz CT molecular complexity index is 535. The number of benzene rings is 1. The van der Waals surface area contributed by atoms with Gasteiger partial charge in [-0.2, -0.15) is 5.10 Å². The molecule has 5 heteroatoms. The van der Waals surface area contributed by atoms with E-state index in [1.807, 2.05) is 30.3 Å². The molecule has 5 nitrogen and oxygen atoms in total. The Morgan fingerprint density at radius 1 is 1.39 bits per heavy atom. The van der Waals surface area contributed by atoms with Crippen molar-refractivity contribution in [1.29, 1.82) is 0 Å². The number of nitrogens with zero attached hydrogens (tertiary/aromatic N) is 3. The summed E-state index contributed by atoms with van der Waals surface area (Å²) < 4.78 is 1.63. The van der Waals surface area contributed by atoms with Gasteiger partial charge < -0.3 is 10.6 Å². The third-order valence-corrected chi connectivity index (χ3v) is 2.82. The maximum absolute atomic E-state index is 12.2. The molecule has 2 aromatic rings. The lowest BCUT2D eigenvalue weighted by Crippen LogP contribution is -2.35. The first-order chi connectivity index (χ1) is 8.59. The number of aryl methyl sites for hydroxylation is 1. The maximum Gasteiger partial charge on any atom is 0.248 e. The minimum Gasteiger partial charge on any atom is -0.316 e. The molecule has 1 aromatic heterocycles. The predicted octanol–water partition coefficient (Wildman–Crippen LogP) is 1.08. The number of anilines is 1. The second-order valence-corrected chi connectivity index (χ2v) is 4.16. The van der Waals surface area contributed by atoms with E-state index in [0.717, 1.165) is 5.69 Å². The summed E-state index contributed by atoms with van der Waals surface area (Å²) in [5.41, 5.74) is 7.48. The van der Waals surface area contributed by atoms with E-state index in [1.165, 1.54) is 0 Å². The van der Waals surface area contributed by atoms with Crippen LogP contribution in [0.5, 0.6) is 0 Å². The first-order valence-electron chi connectivity index (χ1n) is 5.66. The normalized spacial score (nSPS) is 12.2. The first kappa shape index (κ1) is 12.3. The number of aromatic nitrogens is 2. The number of hydrogen-bond acceptors (Lipinski definition) is 3. The van der Waals surface area contributed by atoms with E-state index in [9.17, 15) is 4.79 Å². The van der Waals surface area contributed by atoms with E-state index in [4.69, 9.17) is 5.73 Å². The molecule has 0 saturated carbocycles. The van der Waals surface area contributed by atoms with Crippen molar-refractivity contribution in [2.24, 2.45) is 12.8 Å². The summed E-state index contributed by atoms with van der Waals surface area (Å²) in [6.45, 7) is 0. The summed E-state index contributed by atoms with van der Waals surface area (Å²) in [6.07, 6.45) is 3.36. The highest BCUT2D eigenvalue weighted by molar-refractivity contribution is 5.97. The summed E-state index contributed by atoms with van der Waals surface area (Å²) in [6, 6.07) is 8.72. The molecule has 1 heterocycles. The Hall–Kier alpha value is -2.14. The van der Waals surface area contributed by atoms with Crippen molar-refractivity contribution >= 4 is 11.6 Å². The SMILES string of the molecule is CN(C(=O)C(N)c1cnn(C)c1)c1ccccc1. The van der Waals surface area contributed by atoms with Gasteiger partial charge >= 0.3 is 0 Å². The van der Waals surface area contributed by atoms with E-state index in [1.54, 1.807) is 36.1 Å². The van der Waals surface area contributed by atoms with Crippen molar-refractivity contribution in [3.8, 4) is 0 Å². The van der Waals surface area contributed by atoms with E-state index < -0.39 is 6.04 Å². The summed E-state index contributed by atoms with van der Waals surface area (Å²) in [4.78, 5) is 13.8. The molecule has 0 bridgehead atoms. The van der Waals surface area contributed by atoms with Crippen LogP contribution in [-0.4, -0.2) is 22.7 Å². The third kappa shape index (κ3) is 2.41. The summed E-state index contributed by atoms with van der Waals surface area (Å²) in [5, 5.41) is 4.02. The second kappa shape index (κ2) is 5.01. The van der Waals surface area contributed by atoms with E-state index in [-0.39, 0.29) is 5.91 Å². The van der Waals surface area contributed by atoms with Crippen LogP contribution in [0.25, 0.3) is 0 Å². The van der Waals surface area contributed by atoms with E-state index in [2.05, 4.69) is 5.10 Å². The van der Waals surface area contributed by atoms with Gasteiger partial charge in [0.15, 0.2) is 0 Å². The van der Waals surface area contributed by atoms with E-state index >= 15 is 0 Å². The molecule has 1 atom stereocenters. The second-order valence-electron chi connectivity index (χ2n) is 4.16. The molecule has 18 heavy (non-hydrogen) atoms. The lowest BCUT2D eigenvalue weighted by Gasteiger charge is -2.20. The monoisotopic (exact) mass is 244 g/mol. The average Bonchev–Trinajstić information content (AvgIpc) is 2.84. The van der Waals surface area contributed by atoms with Gasteiger partial charge in [0.05, 0.1) is 6.20 Å². The van der Waals surface area contributed by atoms with Gasteiger partial charge in [-0.1, -0.05) is 18.2 Å². The molecule has 1 unspecified atom stereocenters. The summed E-state index contributed by atoms with van der Waals surface area (Å²) in [5.74, 6) is -0.158. The van der Waals surface area contributed by atoms with Crippen LogP contribution in [0, 0.1) is 0 Å². The smallest absolute Gasteiger partial charge is 0.248 e. The first-order valence-corrected chi connectivity index (χ1v) is 5.66. The Morgan fingerprint density at radius 2 is 2.06 bits per heavy atom. The zero-order chi connectivity index (χ0) is 13.1. The van der Waals surface area contributed by atoms with Crippen LogP contribution in [0.4, 0.5) is 5.69 Å². The van der Waals surface area contributed by atoms with Crippen molar-refractivity contribution in [1.82, 2.24) is 9.78 Å². The van der Waals surface area contributed by atoms with Gasteiger partial charge in [0.1, 0.15) is 6.04 Å². The van der Waals surface area contributed by atoms with Crippen LogP contribution < -0.4 is 10.6 Å². The minimum absolute atomic E-state index is 0.158. The fourth-order valence-corrected chi connectivity index (χ4v) is 1.73. The van der Waals surface area contributed by atoms with Crippen LogP contribution in [0.2, 0.25) is 0 Å². The molecule has 94 valence electrons. The molecule has 0 fully saturated rings. The molecule has 0 aliphatic carbocycles. The van der Waals surface area contributed by atoms with Crippen LogP contribution in [0.3, 0.4) is 0 Å². The van der Waals surface area contributed by atoms with Crippen LogP contribution in [0.1, 0.15) is 11.6 Å². The van der Waals surface area contributed by atoms with Crippen molar-refractivity contribution in [2.45, 2.75) is 6.04 Å². The van der Waals surface area contributed by atoms with Gasteiger partial charge in [0, 0.05) is 31.5 Å². The topological polar surface area (TPSA) is 64.2 Å². The predicted molar refractivity (Wildman–Crippen MR) is 70.0 cm³/mol. The maximum atomic E-state index is 12.2. The number of amides is 1. The van der Waals surface area contributed by atoms with Crippen molar-refractivity contribution in [3.63, 3.8) is 0 Å². The third-order valence-electron chi connectivity index (χ3n) is 2.82. The molecule has 0 saturated heterocycles. The number of likely N-dealkylation sites (N-methyl/N-ethyl adjacent to an activating group) is 1. The van der Waals surface area contributed by atoms with Gasteiger partial charge in [-0.05, 0) is 12.1 Å². The zero-order valence-electron chi connectivity index (χ0n) is 10.4. The van der Waals surface area contributed by atoms with Crippen molar-refractivity contribution in [3.05, 3.63) is 48.3 Å². The molecule has 2 N–H and O–H groups in total. The van der Waals surface area contributed by atoms with Crippen molar-refractivity contribution in [2.75, 3.05) is 11.9 Å². The lowest BCUT2D eigenvalue weighted by atomic mass is 10.1. The standard InChI is InChI=1S/C13H16N4O/c1-16-9-10(8-15-16)12(14)13(18)17(2)11-6-4-3-5-7-11/h3-9,12H,14H2,1-2H3. The number of para-hydroxylation sites is 1. The number of carbonyl (C=O) groups is 1. The average molecular weight is 244 g/mol. The quantitative estimate of drug-likeness (QED) is 0.878. The molecule has 0 aliphatic heterocycles. The van der Waals surface area contributed by atoms with Crippen LogP contribution in [0.15, 0.2) is 42.7 Å². The Labute approximate surface area is 106 Å². The molecule has 0 radical (unpaired) electrons. The van der Waals surface area contributed by atoms with E-state index in [0.29, 0.717) is 5.56 Å². The summed E-state index contributed by atoms with van der Waals surface area (Å²) in [7, 11) is 3.51. The largest absolute Gasteiger partial charge is 0.316 e. The molecular weight excluding hydrogens is 228 g/mol. The number of nitrogens with two attached hydrogens (primary N) is 1. The fourth-order valence-electron chi connectivity index (χ4n) is 1.73. The molecule has 0 spiro atoms. The number of carbonyl (C=O) groups excluding carboxylic acids is 1. The van der Waals surface area contributed by atoms with Gasteiger partial charge in [0.2, 0.25) is 5.91 Å². The number of hydrogen-bond donors (Lipinski definition) is 1. The minimum atomic E-state index is -0.691. The molecule has 1 aromatic carbocycles. The van der Waals surface area contributed by atoms with Crippen molar-refractivity contribution < 1.29 is 4.79 Å². The van der Waals surface area contributed by atoms with Crippen LogP contribution in [-0.2, 0) is 11.8 Å². The molecule has 1 amide bonds. The molecular formula is C13H16N4O. The fraction of sp³-hybridized carbons (Fsp3) is 0.231.